The number of carbonyl (C=O) groups excluding carboxylic acids is 1. The Balaban J connectivity index is 0.00000235. The van der Waals surface area contributed by atoms with Crippen LogP contribution in [0.15, 0.2) is 48.8 Å². The molecule has 3 rings (SSSR count). The van der Waals surface area contributed by atoms with Crippen molar-refractivity contribution in [3.05, 3.63) is 65.6 Å². The molecule has 0 atom stereocenters. The van der Waals surface area contributed by atoms with Crippen LogP contribution in [0, 0.1) is 0 Å². The zero-order valence-electron chi connectivity index (χ0n) is 20.9. The Bertz CT molecular complexity index is 1320. The van der Waals surface area contributed by atoms with E-state index in [1.807, 2.05) is 13.8 Å². The van der Waals surface area contributed by atoms with E-state index in [1.54, 1.807) is 12.1 Å². The molecule has 200 valence electrons. The fourth-order valence-corrected chi connectivity index (χ4v) is 3.48. The molecule has 0 saturated heterocycles. The average Bonchev–Trinajstić information content (AvgIpc) is 2.87. The lowest BCUT2D eigenvalue weighted by Gasteiger charge is -2.20. The molecule has 2 heterocycles. The van der Waals surface area contributed by atoms with Crippen LogP contribution in [0.5, 0.6) is 0 Å². The maximum Gasteiger partial charge on any atom is 0.421 e. The number of aromatic nitrogens is 3. The minimum absolute atomic E-state index is 0.123. The third-order valence-electron chi connectivity index (χ3n) is 4.85. The summed E-state index contributed by atoms with van der Waals surface area (Å²) in [7, 11) is -0.809. The highest BCUT2D eigenvalue weighted by molar-refractivity contribution is 7.92. The van der Waals surface area contributed by atoms with Gasteiger partial charge in [-0.15, -0.1) is 0 Å². The number of hydrogen-bond acceptors (Lipinski definition) is 8. The Morgan fingerprint density at radius 1 is 1.08 bits per heavy atom. The summed E-state index contributed by atoms with van der Waals surface area (Å²) in [5.74, 6) is -0.928. The van der Waals surface area contributed by atoms with Crippen molar-refractivity contribution < 1.29 is 26.4 Å². The summed E-state index contributed by atoms with van der Waals surface area (Å²) in [6.07, 6.45) is -1.70. The Hall–Kier alpha value is -3.94. The number of hydrogen-bond donors (Lipinski definition) is 3. The number of halogens is 3. The number of nitrogens with zero attached hydrogens (tertiary/aromatic N) is 4. The Kier molecular flexibility index (Phi) is 9.77. The largest absolute Gasteiger partial charge is 0.421 e. The molecular formula is C23H28F3N7O3S. The second kappa shape index (κ2) is 12.3. The molecule has 37 heavy (non-hydrogen) atoms. The van der Waals surface area contributed by atoms with Gasteiger partial charge in [-0.25, -0.2) is 13.4 Å². The van der Waals surface area contributed by atoms with Gasteiger partial charge in [-0.2, -0.15) is 18.2 Å². The average molecular weight is 540 g/mol. The number of benzene rings is 1. The van der Waals surface area contributed by atoms with Crippen LogP contribution in [0.3, 0.4) is 0 Å². The topological polar surface area (TPSA) is 129 Å². The molecule has 1 aromatic carbocycles. The number of amides is 1. The Labute approximate surface area is 213 Å². The van der Waals surface area contributed by atoms with Gasteiger partial charge in [-0.3, -0.25) is 14.1 Å². The first kappa shape index (κ1) is 29.3. The summed E-state index contributed by atoms with van der Waals surface area (Å²) in [5, 5.41) is 7.87. The zero-order chi connectivity index (χ0) is 27.8. The van der Waals surface area contributed by atoms with E-state index in [0.717, 1.165) is 10.6 Å². The maximum absolute atomic E-state index is 13.6. The highest BCUT2D eigenvalue weighted by atomic mass is 32.2. The van der Waals surface area contributed by atoms with Gasteiger partial charge in [-0.05, 0) is 36.4 Å². The van der Waals surface area contributed by atoms with Crippen LogP contribution in [-0.4, -0.2) is 49.6 Å². The second-order valence-electron chi connectivity index (χ2n) is 7.29. The molecule has 0 aliphatic rings. The van der Waals surface area contributed by atoms with Crippen LogP contribution < -0.4 is 20.3 Å². The van der Waals surface area contributed by atoms with Crippen LogP contribution in [-0.2, 0) is 22.7 Å². The van der Waals surface area contributed by atoms with Gasteiger partial charge < -0.3 is 16.0 Å². The molecule has 1 amide bonds. The smallest absolute Gasteiger partial charge is 0.364 e. The van der Waals surface area contributed by atoms with Crippen LogP contribution in [0.2, 0.25) is 0 Å². The molecular weight excluding hydrogens is 511 g/mol. The van der Waals surface area contributed by atoms with E-state index in [2.05, 4.69) is 30.9 Å². The predicted octanol–water partition coefficient (Wildman–Crippen LogP) is 4.03. The number of rotatable bonds is 8. The third-order valence-corrected chi connectivity index (χ3v) is 6.04. The number of sulfonamides is 1. The molecule has 3 aromatic rings. The molecule has 14 heteroatoms. The Morgan fingerprint density at radius 3 is 2.30 bits per heavy atom. The normalized spacial score (nSPS) is 11.1. The molecule has 0 radical (unpaired) electrons. The van der Waals surface area contributed by atoms with Gasteiger partial charge in [0.05, 0.1) is 24.2 Å². The van der Waals surface area contributed by atoms with Crippen molar-refractivity contribution in [3.63, 3.8) is 0 Å². The minimum Gasteiger partial charge on any atom is -0.364 e. The fourth-order valence-electron chi connectivity index (χ4n) is 2.96. The summed E-state index contributed by atoms with van der Waals surface area (Å²) in [6.45, 7) is 3.76. The third kappa shape index (κ3) is 7.77. The van der Waals surface area contributed by atoms with Crippen LogP contribution in [0.25, 0.3) is 0 Å². The van der Waals surface area contributed by atoms with E-state index in [0.29, 0.717) is 17.4 Å². The molecule has 10 nitrogen and oxygen atoms in total. The standard InChI is InChI=1S/C21H22F3N7O3S.C2H6/c1-25-19(32)13-6-8-14(9-7-13)29-20-28-11-15(21(22,23)24)18(30-20)27-12-16-17(5-4-10-26-16)31(2)35(3,33)34;1-2/h4-11H,12H2,1-3H3,(H,25,32)(H2,27,28,29,30);1-2H3. The monoisotopic (exact) mass is 539 g/mol. The molecule has 0 saturated carbocycles. The van der Waals surface area contributed by atoms with E-state index in [-0.39, 0.29) is 29.8 Å². The van der Waals surface area contributed by atoms with Crippen molar-refractivity contribution >= 4 is 39.1 Å². The maximum atomic E-state index is 13.6. The number of alkyl halides is 3. The van der Waals surface area contributed by atoms with E-state index < -0.39 is 27.6 Å². The first-order valence-electron chi connectivity index (χ1n) is 11.0. The van der Waals surface area contributed by atoms with Gasteiger partial charge in [0.25, 0.3) is 5.91 Å². The lowest BCUT2D eigenvalue weighted by molar-refractivity contribution is -0.137. The van der Waals surface area contributed by atoms with Gasteiger partial charge in [0.2, 0.25) is 16.0 Å². The van der Waals surface area contributed by atoms with E-state index in [4.69, 9.17) is 0 Å². The van der Waals surface area contributed by atoms with E-state index in [1.165, 1.54) is 44.6 Å². The SMILES string of the molecule is CC.CNC(=O)c1ccc(Nc2ncc(C(F)(F)F)c(NCc3ncccc3N(C)S(C)(=O)=O)n2)cc1. The van der Waals surface area contributed by atoms with E-state index >= 15 is 0 Å². The lowest BCUT2D eigenvalue weighted by atomic mass is 10.2. The summed E-state index contributed by atoms with van der Waals surface area (Å²) in [6, 6.07) is 9.19. The van der Waals surface area contributed by atoms with Gasteiger partial charge in [-0.1, -0.05) is 13.8 Å². The van der Waals surface area contributed by atoms with Crippen LogP contribution in [0.1, 0.15) is 35.5 Å². The van der Waals surface area contributed by atoms with E-state index in [9.17, 15) is 26.4 Å². The number of carbonyl (C=O) groups is 1. The van der Waals surface area contributed by atoms with Crippen molar-refractivity contribution in [1.82, 2.24) is 20.3 Å². The first-order valence-corrected chi connectivity index (χ1v) is 12.9. The highest BCUT2D eigenvalue weighted by Gasteiger charge is 2.35. The van der Waals surface area contributed by atoms with Gasteiger partial charge in [0, 0.05) is 37.7 Å². The van der Waals surface area contributed by atoms with Crippen molar-refractivity contribution in [2.24, 2.45) is 0 Å². The fraction of sp³-hybridized carbons (Fsp3) is 0.304. The van der Waals surface area contributed by atoms with Gasteiger partial charge in [0.15, 0.2) is 0 Å². The summed E-state index contributed by atoms with van der Waals surface area (Å²) in [4.78, 5) is 23.5. The number of nitrogens with one attached hydrogen (secondary N) is 3. The zero-order valence-corrected chi connectivity index (χ0v) is 21.7. The van der Waals surface area contributed by atoms with Crippen LogP contribution in [0.4, 0.5) is 36.3 Å². The Morgan fingerprint density at radius 2 is 1.73 bits per heavy atom. The lowest BCUT2D eigenvalue weighted by Crippen LogP contribution is -2.26. The molecule has 0 spiro atoms. The number of anilines is 4. The molecule has 0 bridgehead atoms. The second-order valence-corrected chi connectivity index (χ2v) is 9.30. The first-order chi connectivity index (χ1) is 17.4. The molecule has 0 fully saturated rings. The van der Waals surface area contributed by atoms with Gasteiger partial charge >= 0.3 is 6.18 Å². The van der Waals surface area contributed by atoms with Crippen LogP contribution >= 0.6 is 0 Å². The molecule has 0 aliphatic heterocycles. The number of pyridine rings is 1. The quantitative estimate of drug-likeness (QED) is 0.391. The molecule has 2 aromatic heterocycles. The summed E-state index contributed by atoms with van der Waals surface area (Å²) < 4.78 is 65.5. The van der Waals surface area contributed by atoms with Crippen molar-refractivity contribution in [1.29, 1.82) is 0 Å². The minimum atomic E-state index is -4.74. The summed E-state index contributed by atoms with van der Waals surface area (Å²) in [5.41, 5.74) is 0.155. The van der Waals surface area contributed by atoms with Crippen molar-refractivity contribution in [2.75, 3.05) is 35.3 Å². The van der Waals surface area contributed by atoms with Gasteiger partial charge in [0.1, 0.15) is 11.4 Å². The predicted molar refractivity (Wildman–Crippen MR) is 136 cm³/mol. The molecule has 0 aliphatic carbocycles. The molecule has 3 N–H and O–H groups in total. The summed E-state index contributed by atoms with van der Waals surface area (Å²) >= 11 is 0. The van der Waals surface area contributed by atoms with Crippen molar-refractivity contribution in [3.8, 4) is 0 Å². The highest BCUT2D eigenvalue weighted by Crippen LogP contribution is 2.34. The molecule has 0 unspecified atom stereocenters. The van der Waals surface area contributed by atoms with Crippen molar-refractivity contribution in [2.45, 2.75) is 26.6 Å².